The smallest absolute Gasteiger partial charge is 0.152 e. The topological polar surface area (TPSA) is 32.8 Å². The summed E-state index contributed by atoms with van der Waals surface area (Å²) in [5.41, 5.74) is -0.217. The standard InChI is InChI=1S/C16H32N2O2/c1-14(2)20-12-6-7-17-8-10-18(11-9-17)13-15(19)16(3,4)5/h14H,6-13H2,1-5H3. The van der Waals surface area contributed by atoms with Gasteiger partial charge < -0.3 is 9.64 Å². The third kappa shape index (κ3) is 6.82. The minimum absolute atomic E-state index is 0.217. The van der Waals surface area contributed by atoms with E-state index in [1.54, 1.807) is 0 Å². The van der Waals surface area contributed by atoms with E-state index in [0.717, 1.165) is 45.8 Å². The van der Waals surface area contributed by atoms with E-state index in [2.05, 4.69) is 23.6 Å². The first-order valence-corrected chi connectivity index (χ1v) is 7.88. The summed E-state index contributed by atoms with van der Waals surface area (Å²) in [5, 5.41) is 0. The molecule has 0 radical (unpaired) electrons. The minimum Gasteiger partial charge on any atom is -0.379 e. The fraction of sp³-hybridized carbons (Fsp3) is 0.938. The van der Waals surface area contributed by atoms with Gasteiger partial charge in [-0.3, -0.25) is 9.69 Å². The van der Waals surface area contributed by atoms with Gasteiger partial charge in [0.2, 0.25) is 0 Å². The molecule has 0 aliphatic carbocycles. The average Bonchev–Trinajstić information content (AvgIpc) is 2.35. The molecule has 0 amide bonds. The molecule has 4 heteroatoms. The molecule has 0 saturated carbocycles. The third-order valence-electron chi connectivity index (χ3n) is 3.74. The highest BCUT2D eigenvalue weighted by Gasteiger charge is 2.25. The fourth-order valence-corrected chi connectivity index (χ4v) is 2.22. The van der Waals surface area contributed by atoms with Crippen LogP contribution in [0.25, 0.3) is 0 Å². The predicted molar refractivity (Wildman–Crippen MR) is 83.0 cm³/mol. The van der Waals surface area contributed by atoms with Crippen LogP contribution in [0.1, 0.15) is 41.0 Å². The van der Waals surface area contributed by atoms with E-state index >= 15 is 0 Å². The minimum atomic E-state index is -0.217. The molecule has 1 heterocycles. The zero-order valence-electron chi connectivity index (χ0n) is 13.9. The van der Waals surface area contributed by atoms with Crippen LogP contribution in [-0.4, -0.2) is 67.6 Å². The number of hydrogen-bond acceptors (Lipinski definition) is 4. The Hall–Kier alpha value is -0.450. The van der Waals surface area contributed by atoms with E-state index < -0.39 is 0 Å². The average molecular weight is 284 g/mol. The van der Waals surface area contributed by atoms with Crippen molar-refractivity contribution in [3.05, 3.63) is 0 Å². The molecule has 4 nitrogen and oxygen atoms in total. The summed E-state index contributed by atoms with van der Waals surface area (Å²) in [4.78, 5) is 16.8. The van der Waals surface area contributed by atoms with E-state index in [-0.39, 0.29) is 5.41 Å². The highest BCUT2D eigenvalue weighted by Crippen LogP contribution is 2.15. The number of Topliss-reactive ketones (excluding diaryl/α,β-unsaturated/α-hetero) is 1. The van der Waals surface area contributed by atoms with Gasteiger partial charge >= 0.3 is 0 Å². The van der Waals surface area contributed by atoms with E-state index in [9.17, 15) is 4.79 Å². The number of ketones is 1. The lowest BCUT2D eigenvalue weighted by atomic mass is 9.90. The molecule has 20 heavy (non-hydrogen) atoms. The van der Waals surface area contributed by atoms with Crippen LogP contribution in [0.3, 0.4) is 0 Å². The highest BCUT2D eigenvalue weighted by atomic mass is 16.5. The van der Waals surface area contributed by atoms with Crippen LogP contribution in [0.2, 0.25) is 0 Å². The van der Waals surface area contributed by atoms with Crippen molar-refractivity contribution < 1.29 is 9.53 Å². The van der Waals surface area contributed by atoms with Crippen LogP contribution in [0, 0.1) is 5.41 Å². The van der Waals surface area contributed by atoms with Gasteiger partial charge in [0.05, 0.1) is 12.6 Å². The number of carbonyl (C=O) groups is 1. The SMILES string of the molecule is CC(C)OCCCN1CCN(CC(=O)C(C)(C)C)CC1. The Balaban J connectivity index is 2.15. The summed E-state index contributed by atoms with van der Waals surface area (Å²) < 4.78 is 5.56. The van der Waals surface area contributed by atoms with Crippen LogP contribution >= 0.6 is 0 Å². The van der Waals surface area contributed by atoms with Gasteiger partial charge in [-0.2, -0.15) is 0 Å². The summed E-state index contributed by atoms with van der Waals surface area (Å²) in [7, 11) is 0. The second-order valence-electron chi connectivity index (χ2n) is 7.06. The van der Waals surface area contributed by atoms with Gasteiger partial charge in [0, 0.05) is 44.7 Å². The molecule has 0 unspecified atom stereocenters. The van der Waals surface area contributed by atoms with Crippen LogP contribution < -0.4 is 0 Å². The maximum Gasteiger partial charge on any atom is 0.152 e. The highest BCUT2D eigenvalue weighted by molar-refractivity contribution is 5.85. The summed E-state index contributed by atoms with van der Waals surface area (Å²) >= 11 is 0. The number of ether oxygens (including phenoxy) is 1. The molecular formula is C16H32N2O2. The Morgan fingerprint density at radius 1 is 1.10 bits per heavy atom. The maximum absolute atomic E-state index is 12.0. The zero-order chi connectivity index (χ0) is 15.2. The van der Waals surface area contributed by atoms with Crippen molar-refractivity contribution in [2.45, 2.75) is 47.1 Å². The van der Waals surface area contributed by atoms with Crippen LogP contribution in [-0.2, 0) is 9.53 Å². The van der Waals surface area contributed by atoms with Gasteiger partial charge in [-0.05, 0) is 20.3 Å². The van der Waals surface area contributed by atoms with E-state index in [1.807, 2.05) is 20.8 Å². The van der Waals surface area contributed by atoms with Crippen molar-refractivity contribution in [1.82, 2.24) is 9.80 Å². The van der Waals surface area contributed by atoms with Gasteiger partial charge in [0.1, 0.15) is 0 Å². The van der Waals surface area contributed by atoms with Crippen LogP contribution in [0.5, 0.6) is 0 Å². The van der Waals surface area contributed by atoms with Crippen LogP contribution in [0.15, 0.2) is 0 Å². The Kier molecular flexibility index (Phi) is 7.13. The Labute approximate surface area is 124 Å². The molecule has 1 aliphatic rings. The fourth-order valence-electron chi connectivity index (χ4n) is 2.22. The number of rotatable bonds is 7. The lowest BCUT2D eigenvalue weighted by molar-refractivity contribution is -0.127. The first kappa shape index (κ1) is 17.6. The molecule has 0 aromatic rings. The van der Waals surface area contributed by atoms with Gasteiger partial charge in [-0.15, -0.1) is 0 Å². The van der Waals surface area contributed by atoms with Crippen molar-refractivity contribution in [3.63, 3.8) is 0 Å². The molecule has 0 aromatic carbocycles. The zero-order valence-corrected chi connectivity index (χ0v) is 13.9. The van der Waals surface area contributed by atoms with E-state index in [4.69, 9.17) is 4.74 Å². The number of carbonyl (C=O) groups excluding carboxylic acids is 1. The Bertz CT molecular complexity index is 289. The van der Waals surface area contributed by atoms with Gasteiger partial charge in [-0.1, -0.05) is 20.8 Å². The van der Waals surface area contributed by atoms with E-state index in [1.165, 1.54) is 0 Å². The third-order valence-corrected chi connectivity index (χ3v) is 3.74. The number of hydrogen-bond donors (Lipinski definition) is 0. The van der Waals surface area contributed by atoms with Gasteiger partial charge in [0.15, 0.2) is 5.78 Å². The second-order valence-corrected chi connectivity index (χ2v) is 7.06. The molecule has 0 atom stereocenters. The monoisotopic (exact) mass is 284 g/mol. The lowest BCUT2D eigenvalue weighted by Gasteiger charge is -2.35. The summed E-state index contributed by atoms with van der Waals surface area (Å²) in [6.45, 7) is 16.9. The largest absolute Gasteiger partial charge is 0.379 e. The first-order valence-electron chi connectivity index (χ1n) is 7.88. The normalized spacial score (nSPS) is 18.7. The van der Waals surface area contributed by atoms with Crippen molar-refractivity contribution in [3.8, 4) is 0 Å². The molecule has 118 valence electrons. The van der Waals surface area contributed by atoms with Crippen molar-refractivity contribution in [2.75, 3.05) is 45.9 Å². The Morgan fingerprint density at radius 3 is 2.15 bits per heavy atom. The van der Waals surface area contributed by atoms with E-state index in [0.29, 0.717) is 18.4 Å². The first-order chi connectivity index (χ1) is 9.29. The van der Waals surface area contributed by atoms with Gasteiger partial charge in [-0.25, -0.2) is 0 Å². The van der Waals surface area contributed by atoms with Crippen molar-refractivity contribution in [1.29, 1.82) is 0 Å². The second kappa shape index (κ2) is 8.11. The lowest BCUT2D eigenvalue weighted by Crippen LogP contribution is -2.49. The molecule has 0 spiro atoms. The maximum atomic E-state index is 12.0. The molecular weight excluding hydrogens is 252 g/mol. The molecule has 0 bridgehead atoms. The predicted octanol–water partition coefficient (Wildman–Crippen LogP) is 2.03. The number of piperazine rings is 1. The summed E-state index contributed by atoms with van der Waals surface area (Å²) in [6, 6.07) is 0. The van der Waals surface area contributed by atoms with Crippen molar-refractivity contribution in [2.24, 2.45) is 5.41 Å². The quantitative estimate of drug-likeness (QED) is 0.670. The summed E-state index contributed by atoms with van der Waals surface area (Å²) in [5.74, 6) is 0.344. The molecule has 1 aliphatic heterocycles. The Morgan fingerprint density at radius 2 is 1.65 bits per heavy atom. The molecule has 0 N–H and O–H groups in total. The van der Waals surface area contributed by atoms with Crippen molar-refractivity contribution >= 4 is 5.78 Å². The van der Waals surface area contributed by atoms with Gasteiger partial charge in [0.25, 0.3) is 0 Å². The molecule has 1 rings (SSSR count). The molecule has 1 fully saturated rings. The number of nitrogens with zero attached hydrogens (tertiary/aromatic N) is 2. The summed E-state index contributed by atoms with van der Waals surface area (Å²) in [6.07, 6.45) is 1.43. The molecule has 1 saturated heterocycles. The van der Waals surface area contributed by atoms with Crippen LogP contribution in [0.4, 0.5) is 0 Å². The molecule has 0 aromatic heterocycles.